The Labute approximate surface area is 130 Å². The van der Waals surface area contributed by atoms with E-state index in [0.717, 1.165) is 25.7 Å². The first-order chi connectivity index (χ1) is 10.5. The van der Waals surface area contributed by atoms with Gasteiger partial charge in [0, 0.05) is 6.08 Å². The summed E-state index contributed by atoms with van der Waals surface area (Å²) in [5.74, 6) is -0.670. The summed E-state index contributed by atoms with van der Waals surface area (Å²) in [6.07, 6.45) is 4.70. The van der Waals surface area contributed by atoms with Gasteiger partial charge in [-0.05, 0) is 56.9 Å². The molecule has 0 amide bonds. The van der Waals surface area contributed by atoms with Crippen molar-refractivity contribution in [1.82, 2.24) is 0 Å². The molecule has 0 aliphatic rings. The smallest absolute Gasteiger partial charge is 0.335 e. The van der Waals surface area contributed by atoms with Crippen LogP contribution in [0.1, 0.15) is 43.0 Å². The topological polar surface area (TPSA) is 72.8 Å². The molecule has 5 heteroatoms. The average Bonchev–Trinajstić information content (AvgIpc) is 2.51. The van der Waals surface area contributed by atoms with E-state index in [1.165, 1.54) is 18.2 Å². The van der Waals surface area contributed by atoms with Gasteiger partial charge in [0.1, 0.15) is 5.75 Å². The van der Waals surface area contributed by atoms with Crippen LogP contribution in [0.3, 0.4) is 0 Å². The van der Waals surface area contributed by atoms with Gasteiger partial charge < -0.3 is 14.6 Å². The maximum Gasteiger partial charge on any atom is 0.335 e. The molecule has 0 heterocycles. The molecule has 0 aliphatic carbocycles. The monoisotopic (exact) mass is 306 g/mol. The van der Waals surface area contributed by atoms with Crippen molar-refractivity contribution in [2.45, 2.75) is 38.7 Å². The number of benzene rings is 1. The van der Waals surface area contributed by atoms with Crippen LogP contribution in [0, 0.1) is 0 Å². The highest BCUT2D eigenvalue weighted by Gasteiger charge is 2.06. The van der Waals surface area contributed by atoms with Crippen molar-refractivity contribution in [3.05, 3.63) is 42.5 Å². The van der Waals surface area contributed by atoms with Gasteiger partial charge in [-0.1, -0.05) is 6.58 Å². The number of rotatable bonds is 10. The van der Waals surface area contributed by atoms with E-state index in [1.54, 1.807) is 12.1 Å². The Morgan fingerprint density at radius 3 is 2.50 bits per heavy atom. The van der Waals surface area contributed by atoms with Gasteiger partial charge in [-0.15, -0.1) is 0 Å². The molecule has 0 aromatic heterocycles. The maximum atomic E-state index is 11.0. The number of carboxylic acid groups (broad SMARTS) is 1. The number of esters is 1. The molecule has 1 aromatic carbocycles. The molecule has 22 heavy (non-hydrogen) atoms. The van der Waals surface area contributed by atoms with E-state index >= 15 is 0 Å². The summed E-state index contributed by atoms with van der Waals surface area (Å²) in [5.41, 5.74) is 0.246. The van der Waals surface area contributed by atoms with Crippen molar-refractivity contribution in [3.63, 3.8) is 0 Å². The van der Waals surface area contributed by atoms with E-state index in [1.807, 2.05) is 6.92 Å². The Morgan fingerprint density at radius 2 is 1.91 bits per heavy atom. The molecule has 0 radical (unpaired) electrons. The number of ether oxygens (including phenoxy) is 2. The first kappa shape index (κ1) is 17.8. The fourth-order valence-corrected chi connectivity index (χ4v) is 1.90. The zero-order valence-corrected chi connectivity index (χ0v) is 12.8. The van der Waals surface area contributed by atoms with Crippen molar-refractivity contribution < 1.29 is 24.2 Å². The Hall–Kier alpha value is -2.30. The van der Waals surface area contributed by atoms with Crippen LogP contribution in [0.25, 0.3) is 0 Å². The Balaban J connectivity index is 2.11. The minimum atomic E-state index is -0.946. The Kier molecular flexibility index (Phi) is 7.75. The second-order valence-corrected chi connectivity index (χ2v) is 4.98. The van der Waals surface area contributed by atoms with Crippen LogP contribution in [-0.2, 0) is 9.53 Å². The Morgan fingerprint density at radius 1 is 1.23 bits per heavy atom. The molecule has 0 fully saturated rings. The zero-order chi connectivity index (χ0) is 16.4. The largest absolute Gasteiger partial charge is 0.494 e. The van der Waals surface area contributed by atoms with E-state index in [9.17, 15) is 9.59 Å². The molecule has 0 spiro atoms. The molecule has 1 aromatic rings. The summed E-state index contributed by atoms with van der Waals surface area (Å²) in [5, 5.41) is 8.79. The van der Waals surface area contributed by atoms with Crippen LogP contribution in [0.5, 0.6) is 5.75 Å². The number of carbonyl (C=O) groups is 2. The van der Waals surface area contributed by atoms with Gasteiger partial charge in [0.25, 0.3) is 0 Å². The lowest BCUT2D eigenvalue weighted by Crippen LogP contribution is -2.12. The van der Waals surface area contributed by atoms with Gasteiger partial charge in [-0.25, -0.2) is 9.59 Å². The van der Waals surface area contributed by atoms with Crippen molar-refractivity contribution in [2.24, 2.45) is 0 Å². The van der Waals surface area contributed by atoms with Crippen LogP contribution in [0.2, 0.25) is 0 Å². The predicted octanol–water partition coefficient (Wildman–Crippen LogP) is 3.44. The lowest BCUT2D eigenvalue weighted by molar-refractivity contribution is -0.142. The molecular formula is C17H22O5. The SMILES string of the molecule is C=CC(=O)OC(C)CCCCCOc1ccc(C(=O)O)cc1. The van der Waals surface area contributed by atoms with E-state index in [2.05, 4.69) is 6.58 Å². The predicted molar refractivity (Wildman–Crippen MR) is 83.1 cm³/mol. The van der Waals surface area contributed by atoms with Crippen molar-refractivity contribution in [2.75, 3.05) is 6.61 Å². The van der Waals surface area contributed by atoms with Gasteiger partial charge in [0.05, 0.1) is 18.3 Å². The van der Waals surface area contributed by atoms with Crippen LogP contribution in [-0.4, -0.2) is 29.8 Å². The number of hydrogen-bond donors (Lipinski definition) is 1. The fourth-order valence-electron chi connectivity index (χ4n) is 1.90. The third-order valence-electron chi connectivity index (χ3n) is 3.11. The summed E-state index contributed by atoms with van der Waals surface area (Å²) in [6.45, 7) is 5.79. The second-order valence-electron chi connectivity index (χ2n) is 4.98. The fraction of sp³-hybridized carbons (Fsp3) is 0.412. The standard InChI is InChI=1S/C17H22O5/c1-3-16(18)22-13(2)7-5-4-6-12-21-15-10-8-14(9-11-15)17(19)20/h3,8-11,13H,1,4-7,12H2,2H3,(H,19,20). The highest BCUT2D eigenvalue weighted by atomic mass is 16.5. The molecular weight excluding hydrogens is 284 g/mol. The molecule has 0 bridgehead atoms. The molecule has 0 aliphatic heterocycles. The molecule has 5 nitrogen and oxygen atoms in total. The maximum absolute atomic E-state index is 11.0. The third kappa shape index (κ3) is 6.92. The number of unbranched alkanes of at least 4 members (excludes halogenated alkanes) is 2. The normalized spacial score (nSPS) is 11.5. The van der Waals surface area contributed by atoms with Crippen LogP contribution in [0.15, 0.2) is 36.9 Å². The van der Waals surface area contributed by atoms with E-state index < -0.39 is 5.97 Å². The van der Waals surface area contributed by atoms with Gasteiger partial charge >= 0.3 is 11.9 Å². The first-order valence-electron chi connectivity index (χ1n) is 7.32. The zero-order valence-electron chi connectivity index (χ0n) is 12.8. The lowest BCUT2D eigenvalue weighted by Gasteiger charge is -2.11. The molecule has 0 saturated heterocycles. The third-order valence-corrected chi connectivity index (χ3v) is 3.11. The minimum absolute atomic E-state index is 0.102. The summed E-state index contributed by atoms with van der Waals surface area (Å²) >= 11 is 0. The molecule has 1 atom stereocenters. The minimum Gasteiger partial charge on any atom is -0.494 e. The van der Waals surface area contributed by atoms with Crippen molar-refractivity contribution in [3.8, 4) is 5.75 Å². The average molecular weight is 306 g/mol. The van der Waals surface area contributed by atoms with Gasteiger partial charge in [-0.2, -0.15) is 0 Å². The molecule has 1 unspecified atom stereocenters. The number of hydrogen-bond acceptors (Lipinski definition) is 4. The van der Waals surface area contributed by atoms with Gasteiger partial charge in [0.15, 0.2) is 0 Å². The quantitative estimate of drug-likeness (QED) is 0.407. The first-order valence-corrected chi connectivity index (χ1v) is 7.32. The van der Waals surface area contributed by atoms with Gasteiger partial charge in [-0.3, -0.25) is 0 Å². The van der Waals surface area contributed by atoms with Crippen molar-refractivity contribution >= 4 is 11.9 Å². The molecule has 1 N–H and O–H groups in total. The van der Waals surface area contributed by atoms with Crippen LogP contribution >= 0.6 is 0 Å². The lowest BCUT2D eigenvalue weighted by atomic mass is 10.1. The van der Waals surface area contributed by atoms with E-state index in [-0.39, 0.29) is 17.6 Å². The highest BCUT2D eigenvalue weighted by molar-refractivity contribution is 5.87. The Bertz CT molecular complexity index is 492. The highest BCUT2D eigenvalue weighted by Crippen LogP contribution is 2.13. The number of aromatic carboxylic acids is 1. The molecule has 0 saturated carbocycles. The summed E-state index contributed by atoms with van der Waals surface area (Å²) in [6, 6.07) is 6.35. The molecule has 120 valence electrons. The van der Waals surface area contributed by atoms with Gasteiger partial charge in [0.2, 0.25) is 0 Å². The number of carbonyl (C=O) groups excluding carboxylic acids is 1. The summed E-state index contributed by atoms with van der Waals surface area (Å²) in [7, 11) is 0. The van der Waals surface area contributed by atoms with E-state index in [0.29, 0.717) is 12.4 Å². The van der Waals surface area contributed by atoms with Crippen LogP contribution < -0.4 is 4.74 Å². The number of carboxylic acids is 1. The second kappa shape index (κ2) is 9.60. The summed E-state index contributed by atoms with van der Waals surface area (Å²) < 4.78 is 10.6. The molecule has 1 rings (SSSR count). The van der Waals surface area contributed by atoms with E-state index in [4.69, 9.17) is 14.6 Å². The van der Waals surface area contributed by atoms with Crippen molar-refractivity contribution in [1.29, 1.82) is 0 Å². The van der Waals surface area contributed by atoms with Crippen LogP contribution in [0.4, 0.5) is 0 Å². The summed E-state index contributed by atoms with van der Waals surface area (Å²) in [4.78, 5) is 21.7.